The van der Waals surface area contributed by atoms with Crippen molar-refractivity contribution in [3.8, 4) is 17.1 Å². The largest absolute Gasteiger partial charge is 0.497 e. The Kier molecular flexibility index (Phi) is 5.36. The van der Waals surface area contributed by atoms with Gasteiger partial charge in [0.15, 0.2) is 5.82 Å². The van der Waals surface area contributed by atoms with Gasteiger partial charge >= 0.3 is 0 Å². The Morgan fingerprint density at radius 1 is 1.36 bits per heavy atom. The number of hydrogen-bond donors (Lipinski definition) is 2. The van der Waals surface area contributed by atoms with Crippen molar-refractivity contribution in [2.45, 2.75) is 26.3 Å². The Balaban J connectivity index is 1.63. The van der Waals surface area contributed by atoms with Crippen LogP contribution in [0.3, 0.4) is 0 Å². The molecule has 3 rings (SSSR count). The topological polar surface area (TPSA) is 100 Å². The van der Waals surface area contributed by atoms with Gasteiger partial charge in [-0.15, -0.1) is 0 Å². The normalized spacial score (nSPS) is 19.0. The SMILES string of the molecule is COc1ccc(-c2n[nH]c(CNS(=O)(=O)N3CCCC(C)C3)n2)cc1. The highest BCUT2D eigenvalue weighted by atomic mass is 32.2. The van der Waals surface area contributed by atoms with E-state index in [0.29, 0.717) is 30.7 Å². The molecule has 0 aliphatic carbocycles. The predicted octanol–water partition coefficient (Wildman–Crippen LogP) is 1.55. The summed E-state index contributed by atoms with van der Waals surface area (Å²) in [4.78, 5) is 4.35. The molecule has 1 saturated heterocycles. The minimum Gasteiger partial charge on any atom is -0.497 e. The Morgan fingerprint density at radius 3 is 2.80 bits per heavy atom. The predicted molar refractivity (Wildman–Crippen MR) is 94.1 cm³/mol. The fraction of sp³-hybridized carbons (Fsp3) is 0.500. The first-order valence-corrected chi connectivity index (χ1v) is 9.72. The summed E-state index contributed by atoms with van der Waals surface area (Å²) in [6.45, 7) is 3.27. The van der Waals surface area contributed by atoms with Gasteiger partial charge < -0.3 is 4.74 Å². The third-order valence-corrected chi connectivity index (χ3v) is 5.78. The molecule has 1 unspecified atom stereocenters. The molecule has 0 spiro atoms. The molecular formula is C16H23N5O3S. The van der Waals surface area contributed by atoms with Crippen LogP contribution >= 0.6 is 0 Å². The highest BCUT2D eigenvalue weighted by Gasteiger charge is 2.26. The van der Waals surface area contributed by atoms with Gasteiger partial charge in [-0.2, -0.15) is 22.5 Å². The quantitative estimate of drug-likeness (QED) is 0.809. The molecule has 1 fully saturated rings. The summed E-state index contributed by atoms with van der Waals surface area (Å²) in [5.41, 5.74) is 0.830. The van der Waals surface area contributed by atoms with Crippen molar-refractivity contribution in [2.24, 2.45) is 5.92 Å². The van der Waals surface area contributed by atoms with Crippen LogP contribution in [0.1, 0.15) is 25.6 Å². The molecule has 0 saturated carbocycles. The Morgan fingerprint density at radius 2 is 2.12 bits per heavy atom. The van der Waals surface area contributed by atoms with Crippen LogP contribution in [0.4, 0.5) is 0 Å². The highest BCUT2D eigenvalue weighted by Crippen LogP contribution is 2.20. The summed E-state index contributed by atoms with van der Waals surface area (Å²) in [7, 11) is -1.89. The van der Waals surface area contributed by atoms with Crippen LogP contribution in [-0.4, -0.2) is 48.1 Å². The third-order valence-electron chi connectivity index (χ3n) is 4.26. The van der Waals surface area contributed by atoms with E-state index >= 15 is 0 Å². The Hall–Kier alpha value is -1.97. The molecule has 0 radical (unpaired) electrons. The molecule has 1 aliphatic rings. The summed E-state index contributed by atoms with van der Waals surface area (Å²) >= 11 is 0. The van der Waals surface area contributed by atoms with Crippen molar-refractivity contribution >= 4 is 10.2 Å². The van der Waals surface area contributed by atoms with E-state index in [1.807, 2.05) is 24.3 Å². The molecule has 2 N–H and O–H groups in total. The average molecular weight is 365 g/mol. The Labute approximate surface area is 147 Å². The highest BCUT2D eigenvalue weighted by molar-refractivity contribution is 7.87. The number of ether oxygens (including phenoxy) is 1. The lowest BCUT2D eigenvalue weighted by Gasteiger charge is -2.29. The molecule has 25 heavy (non-hydrogen) atoms. The minimum atomic E-state index is -3.50. The third kappa shape index (κ3) is 4.36. The number of aromatic amines is 1. The van der Waals surface area contributed by atoms with Crippen LogP contribution in [0.5, 0.6) is 5.75 Å². The van der Waals surface area contributed by atoms with E-state index in [1.165, 1.54) is 4.31 Å². The molecular weight excluding hydrogens is 342 g/mol. The standard InChI is InChI=1S/C16H23N5O3S/c1-12-4-3-9-21(11-12)25(22,23)17-10-15-18-16(20-19-15)13-5-7-14(24-2)8-6-13/h5-8,12,17H,3-4,9-11H2,1-2H3,(H,18,19,20). The van der Waals surface area contributed by atoms with E-state index in [0.717, 1.165) is 24.2 Å². The fourth-order valence-corrected chi connectivity index (χ4v) is 4.18. The van der Waals surface area contributed by atoms with Gasteiger partial charge in [0.05, 0.1) is 13.7 Å². The zero-order chi connectivity index (χ0) is 17.9. The molecule has 0 bridgehead atoms. The van der Waals surface area contributed by atoms with Crippen molar-refractivity contribution in [3.05, 3.63) is 30.1 Å². The van der Waals surface area contributed by atoms with E-state index in [-0.39, 0.29) is 6.54 Å². The van der Waals surface area contributed by atoms with Crippen molar-refractivity contribution in [1.29, 1.82) is 0 Å². The van der Waals surface area contributed by atoms with Gasteiger partial charge in [0.2, 0.25) is 0 Å². The molecule has 9 heteroatoms. The summed E-state index contributed by atoms with van der Waals surface area (Å²) in [5, 5.41) is 6.92. The lowest BCUT2D eigenvalue weighted by Crippen LogP contribution is -2.45. The van der Waals surface area contributed by atoms with Gasteiger partial charge in [0, 0.05) is 18.7 Å². The van der Waals surface area contributed by atoms with Crippen LogP contribution in [0.25, 0.3) is 11.4 Å². The molecule has 2 heterocycles. The molecule has 1 aromatic carbocycles. The van der Waals surface area contributed by atoms with Crippen LogP contribution in [0.15, 0.2) is 24.3 Å². The maximum Gasteiger partial charge on any atom is 0.279 e. The molecule has 1 atom stereocenters. The van der Waals surface area contributed by atoms with Crippen LogP contribution in [-0.2, 0) is 16.8 Å². The number of H-pyrrole nitrogens is 1. The van der Waals surface area contributed by atoms with E-state index in [2.05, 4.69) is 26.8 Å². The van der Waals surface area contributed by atoms with Crippen LogP contribution in [0.2, 0.25) is 0 Å². The van der Waals surface area contributed by atoms with Gasteiger partial charge in [-0.25, -0.2) is 4.98 Å². The fourth-order valence-electron chi connectivity index (χ4n) is 2.86. The van der Waals surface area contributed by atoms with E-state index in [9.17, 15) is 8.42 Å². The van der Waals surface area contributed by atoms with E-state index in [4.69, 9.17) is 4.74 Å². The number of piperidine rings is 1. The van der Waals surface area contributed by atoms with Crippen molar-refractivity contribution < 1.29 is 13.2 Å². The van der Waals surface area contributed by atoms with Gasteiger partial charge in [-0.3, -0.25) is 5.10 Å². The van der Waals surface area contributed by atoms with Crippen LogP contribution in [0, 0.1) is 5.92 Å². The number of benzene rings is 1. The van der Waals surface area contributed by atoms with Crippen LogP contribution < -0.4 is 9.46 Å². The number of nitrogens with one attached hydrogen (secondary N) is 2. The smallest absolute Gasteiger partial charge is 0.279 e. The zero-order valence-electron chi connectivity index (χ0n) is 14.4. The summed E-state index contributed by atoms with van der Waals surface area (Å²) in [6.07, 6.45) is 1.96. The first-order valence-electron chi connectivity index (χ1n) is 8.28. The van der Waals surface area contributed by atoms with Crippen molar-refractivity contribution in [2.75, 3.05) is 20.2 Å². The maximum absolute atomic E-state index is 12.4. The number of rotatable bonds is 6. The number of nitrogens with zero attached hydrogens (tertiary/aromatic N) is 3. The van der Waals surface area contributed by atoms with Gasteiger partial charge in [-0.1, -0.05) is 6.92 Å². The van der Waals surface area contributed by atoms with E-state index in [1.54, 1.807) is 7.11 Å². The number of hydrogen-bond acceptors (Lipinski definition) is 5. The summed E-state index contributed by atoms with van der Waals surface area (Å²) in [5.74, 6) is 2.13. The lowest BCUT2D eigenvalue weighted by atomic mass is 10.0. The van der Waals surface area contributed by atoms with Crippen molar-refractivity contribution in [3.63, 3.8) is 0 Å². The van der Waals surface area contributed by atoms with Gasteiger partial charge in [0.1, 0.15) is 11.6 Å². The summed E-state index contributed by atoms with van der Waals surface area (Å²) in [6, 6.07) is 7.35. The second kappa shape index (κ2) is 7.51. The van der Waals surface area contributed by atoms with Gasteiger partial charge in [-0.05, 0) is 43.0 Å². The molecule has 0 amide bonds. The van der Waals surface area contributed by atoms with E-state index < -0.39 is 10.2 Å². The number of methoxy groups -OCH3 is 1. The first-order chi connectivity index (χ1) is 12.0. The molecule has 136 valence electrons. The lowest BCUT2D eigenvalue weighted by molar-refractivity contribution is 0.278. The molecule has 8 nitrogen and oxygen atoms in total. The first kappa shape index (κ1) is 17.8. The van der Waals surface area contributed by atoms with Gasteiger partial charge in [0.25, 0.3) is 10.2 Å². The maximum atomic E-state index is 12.4. The average Bonchev–Trinajstić information content (AvgIpc) is 3.09. The summed E-state index contributed by atoms with van der Waals surface area (Å²) < 4.78 is 34.0. The van der Waals surface area contributed by atoms with Crippen molar-refractivity contribution in [1.82, 2.24) is 24.2 Å². The Bertz CT molecular complexity index is 803. The monoisotopic (exact) mass is 365 g/mol. The number of aromatic nitrogens is 3. The molecule has 1 aliphatic heterocycles. The molecule has 2 aromatic rings. The second-order valence-electron chi connectivity index (χ2n) is 6.27. The second-order valence-corrected chi connectivity index (χ2v) is 8.02. The minimum absolute atomic E-state index is 0.0797. The zero-order valence-corrected chi connectivity index (χ0v) is 15.2. The molecule has 1 aromatic heterocycles.